The molecule has 4 heterocycles. The number of anilines is 1. The van der Waals surface area contributed by atoms with Crippen molar-refractivity contribution >= 4 is 5.69 Å². The van der Waals surface area contributed by atoms with Crippen molar-refractivity contribution in [2.45, 2.75) is 18.9 Å². The highest BCUT2D eigenvalue weighted by Gasteiger charge is 2.33. The van der Waals surface area contributed by atoms with E-state index in [1.807, 2.05) is 42.7 Å². The minimum Gasteiger partial charge on any atom is -0.378 e. The molecule has 3 aliphatic heterocycles. The molecule has 1 unspecified atom stereocenters. The average Bonchev–Trinajstić information content (AvgIpc) is 2.57. The molecule has 3 fully saturated rings. The Morgan fingerprint density at radius 3 is 2.33 bits per heavy atom. The van der Waals surface area contributed by atoms with Crippen LogP contribution in [-0.4, -0.2) is 40.5 Å². The molecule has 2 bridgehead atoms. The van der Waals surface area contributed by atoms with Crippen LogP contribution in [0.3, 0.4) is 0 Å². The van der Waals surface area contributed by atoms with Gasteiger partial charge in [-0.2, -0.15) is 0 Å². The van der Waals surface area contributed by atoms with E-state index in [0.717, 1.165) is 29.5 Å². The molecule has 1 aromatic heterocycles. The van der Waals surface area contributed by atoms with Crippen LogP contribution in [0.5, 0.6) is 0 Å². The second-order valence-corrected chi connectivity index (χ2v) is 6.05. The summed E-state index contributed by atoms with van der Waals surface area (Å²) < 4.78 is 0. The predicted octanol–water partition coefficient (Wildman–Crippen LogP) is 2.65. The van der Waals surface area contributed by atoms with Crippen molar-refractivity contribution in [2.24, 2.45) is 5.92 Å². The van der Waals surface area contributed by atoms with Crippen molar-refractivity contribution in [1.82, 2.24) is 14.9 Å². The fraction of sp³-hybridized carbons (Fsp3) is 0.412. The zero-order chi connectivity index (χ0) is 14.1. The molecule has 1 atom stereocenters. The maximum atomic E-state index is 4.49. The number of piperidine rings is 3. The van der Waals surface area contributed by atoms with Gasteiger partial charge in [-0.25, -0.2) is 9.97 Å². The first kappa shape index (κ1) is 12.8. The number of rotatable bonds is 3. The molecule has 2 aromatic rings. The largest absolute Gasteiger partial charge is 0.378 e. The van der Waals surface area contributed by atoms with E-state index >= 15 is 0 Å². The zero-order valence-corrected chi connectivity index (χ0v) is 12.1. The first-order valence-corrected chi connectivity index (χ1v) is 7.75. The number of hydrogen-bond donors (Lipinski definition) is 1. The summed E-state index contributed by atoms with van der Waals surface area (Å²) in [5, 5.41) is 3.62. The van der Waals surface area contributed by atoms with E-state index in [4.69, 9.17) is 0 Å². The van der Waals surface area contributed by atoms with Crippen LogP contribution < -0.4 is 5.32 Å². The van der Waals surface area contributed by atoms with Crippen LogP contribution in [-0.2, 0) is 0 Å². The molecular formula is C17H20N4. The van der Waals surface area contributed by atoms with Crippen LogP contribution in [0.4, 0.5) is 5.69 Å². The molecule has 3 saturated heterocycles. The molecule has 0 amide bonds. The van der Waals surface area contributed by atoms with Crippen molar-refractivity contribution in [1.29, 1.82) is 0 Å². The van der Waals surface area contributed by atoms with Gasteiger partial charge in [0.25, 0.3) is 0 Å². The summed E-state index contributed by atoms with van der Waals surface area (Å²) in [5.74, 6) is 1.60. The molecule has 21 heavy (non-hydrogen) atoms. The van der Waals surface area contributed by atoms with E-state index in [9.17, 15) is 0 Å². The summed E-state index contributed by atoms with van der Waals surface area (Å²) in [6.45, 7) is 3.70. The van der Waals surface area contributed by atoms with Gasteiger partial charge in [0, 0.05) is 18.2 Å². The second-order valence-electron chi connectivity index (χ2n) is 6.05. The molecule has 5 rings (SSSR count). The average molecular weight is 280 g/mol. The summed E-state index contributed by atoms with van der Waals surface area (Å²) in [5.41, 5.74) is 2.10. The lowest BCUT2D eigenvalue weighted by Crippen LogP contribution is -2.53. The van der Waals surface area contributed by atoms with Crippen molar-refractivity contribution in [3.8, 4) is 11.4 Å². The van der Waals surface area contributed by atoms with Crippen molar-refractivity contribution in [2.75, 3.05) is 25.0 Å². The second kappa shape index (κ2) is 5.45. The van der Waals surface area contributed by atoms with Crippen molar-refractivity contribution in [3.63, 3.8) is 0 Å². The number of hydrogen-bond acceptors (Lipinski definition) is 4. The number of aromatic nitrogens is 2. The lowest BCUT2D eigenvalue weighted by Gasteiger charge is -2.45. The third kappa shape index (κ3) is 2.63. The Morgan fingerprint density at radius 1 is 1.00 bits per heavy atom. The maximum Gasteiger partial charge on any atom is 0.159 e. The van der Waals surface area contributed by atoms with Gasteiger partial charge in [-0.1, -0.05) is 30.3 Å². The molecule has 0 radical (unpaired) electrons. The summed E-state index contributed by atoms with van der Waals surface area (Å²) in [4.78, 5) is 11.5. The van der Waals surface area contributed by atoms with Crippen LogP contribution in [0.15, 0.2) is 42.7 Å². The topological polar surface area (TPSA) is 41.1 Å². The molecule has 0 aliphatic carbocycles. The summed E-state index contributed by atoms with van der Waals surface area (Å²) >= 11 is 0. The van der Waals surface area contributed by atoms with Gasteiger partial charge in [0.05, 0.1) is 18.1 Å². The van der Waals surface area contributed by atoms with E-state index in [0.29, 0.717) is 6.04 Å². The Hall–Kier alpha value is -1.94. The van der Waals surface area contributed by atoms with E-state index in [2.05, 4.69) is 20.2 Å². The lowest BCUT2D eigenvalue weighted by atomic mass is 9.84. The van der Waals surface area contributed by atoms with Crippen molar-refractivity contribution < 1.29 is 0 Å². The molecule has 3 aliphatic rings. The SMILES string of the molecule is c1ccc(-c2ncc(NC3CN4CCC3CC4)cn2)cc1. The third-order valence-corrected chi connectivity index (χ3v) is 4.69. The third-order valence-electron chi connectivity index (χ3n) is 4.69. The molecule has 0 spiro atoms. The minimum atomic E-state index is 0.554. The predicted molar refractivity (Wildman–Crippen MR) is 84.0 cm³/mol. The van der Waals surface area contributed by atoms with Gasteiger partial charge >= 0.3 is 0 Å². The van der Waals surface area contributed by atoms with Crippen LogP contribution in [0.1, 0.15) is 12.8 Å². The first-order chi connectivity index (χ1) is 10.4. The number of fused-ring (bicyclic) bond motifs is 3. The Balaban J connectivity index is 1.47. The highest BCUT2D eigenvalue weighted by Crippen LogP contribution is 2.29. The van der Waals surface area contributed by atoms with Crippen LogP contribution in [0, 0.1) is 5.92 Å². The Labute approximate surface area is 125 Å². The van der Waals surface area contributed by atoms with Crippen LogP contribution >= 0.6 is 0 Å². The molecule has 1 aromatic carbocycles. The van der Waals surface area contributed by atoms with Crippen LogP contribution in [0.25, 0.3) is 11.4 Å². The Kier molecular flexibility index (Phi) is 3.31. The van der Waals surface area contributed by atoms with E-state index < -0.39 is 0 Å². The first-order valence-electron chi connectivity index (χ1n) is 7.75. The van der Waals surface area contributed by atoms with E-state index in [-0.39, 0.29) is 0 Å². The Morgan fingerprint density at radius 2 is 1.71 bits per heavy atom. The fourth-order valence-electron chi connectivity index (χ4n) is 3.48. The van der Waals surface area contributed by atoms with Crippen molar-refractivity contribution in [3.05, 3.63) is 42.7 Å². The normalized spacial score (nSPS) is 27.5. The number of nitrogens with zero attached hydrogens (tertiary/aromatic N) is 3. The summed E-state index contributed by atoms with van der Waals surface area (Å²) in [7, 11) is 0. The monoisotopic (exact) mass is 280 g/mol. The van der Waals surface area contributed by atoms with Gasteiger partial charge in [-0.05, 0) is 31.8 Å². The zero-order valence-electron chi connectivity index (χ0n) is 12.1. The summed E-state index contributed by atoms with van der Waals surface area (Å²) in [6.07, 6.45) is 6.46. The van der Waals surface area contributed by atoms with E-state index in [1.165, 1.54) is 25.9 Å². The van der Waals surface area contributed by atoms with Gasteiger partial charge in [-0.3, -0.25) is 0 Å². The van der Waals surface area contributed by atoms with Gasteiger partial charge in [0.15, 0.2) is 5.82 Å². The Bertz CT molecular complexity index is 588. The van der Waals surface area contributed by atoms with Crippen LogP contribution in [0.2, 0.25) is 0 Å². The highest BCUT2D eigenvalue weighted by atomic mass is 15.2. The molecule has 0 saturated carbocycles. The summed E-state index contributed by atoms with van der Waals surface area (Å²) in [6, 6.07) is 10.7. The molecule has 4 nitrogen and oxygen atoms in total. The number of benzene rings is 1. The minimum absolute atomic E-state index is 0.554. The quantitative estimate of drug-likeness (QED) is 0.938. The smallest absolute Gasteiger partial charge is 0.159 e. The van der Waals surface area contributed by atoms with Gasteiger partial charge < -0.3 is 10.2 Å². The fourth-order valence-corrected chi connectivity index (χ4v) is 3.48. The van der Waals surface area contributed by atoms with Gasteiger partial charge in [0.1, 0.15) is 0 Å². The molecular weight excluding hydrogens is 260 g/mol. The van der Waals surface area contributed by atoms with E-state index in [1.54, 1.807) is 0 Å². The van der Waals surface area contributed by atoms with Gasteiger partial charge in [0.2, 0.25) is 0 Å². The highest BCUT2D eigenvalue weighted by molar-refractivity contribution is 5.55. The van der Waals surface area contributed by atoms with Gasteiger partial charge in [-0.15, -0.1) is 0 Å². The molecule has 4 heteroatoms. The maximum absolute atomic E-state index is 4.49. The molecule has 1 N–H and O–H groups in total. The standard InChI is InChI=1S/C17H20N4/c1-2-4-14(5-3-1)17-18-10-15(11-19-17)20-16-12-21-8-6-13(16)7-9-21/h1-5,10-11,13,16,20H,6-9,12H2. The number of nitrogens with one attached hydrogen (secondary N) is 1. The lowest BCUT2D eigenvalue weighted by molar-refractivity contribution is 0.0975. The molecule has 108 valence electrons.